The summed E-state index contributed by atoms with van der Waals surface area (Å²) in [5.74, 6) is 0.195. The van der Waals surface area contributed by atoms with Crippen molar-refractivity contribution in [3.63, 3.8) is 0 Å². The third-order valence-corrected chi connectivity index (χ3v) is 7.19. The van der Waals surface area contributed by atoms with E-state index in [-0.39, 0.29) is 16.0 Å². The number of aromatic nitrogens is 1. The molecule has 7 nitrogen and oxygen atoms in total. The van der Waals surface area contributed by atoms with Gasteiger partial charge in [0.05, 0.1) is 27.3 Å². The van der Waals surface area contributed by atoms with Gasteiger partial charge in [-0.05, 0) is 68.2 Å². The number of nitrogens with zero attached hydrogens (tertiary/aromatic N) is 1. The second-order valence-electron chi connectivity index (χ2n) is 7.75. The summed E-state index contributed by atoms with van der Waals surface area (Å²) in [4.78, 5) is 16.8. The van der Waals surface area contributed by atoms with Gasteiger partial charge in [0.15, 0.2) is 10.2 Å². The Morgan fingerprint density at radius 2 is 1.91 bits per heavy atom. The standard InChI is InChI=1S/C22H25N3O4S3/c1-14(2)5-4-12-29-20(26)16-8-11-18-19(13-16)31-22(23-18)24-21(30)25-32(27,28)17-9-6-15(3)7-10-17/h6-11,13-14H,4-5,12H2,1-3H3,(H2,23,24,25,30). The minimum atomic E-state index is -3.80. The highest BCUT2D eigenvalue weighted by Crippen LogP contribution is 2.27. The molecule has 1 aromatic heterocycles. The number of anilines is 1. The Bertz CT molecular complexity index is 1220. The molecule has 2 aromatic carbocycles. The monoisotopic (exact) mass is 491 g/mol. The number of esters is 1. The summed E-state index contributed by atoms with van der Waals surface area (Å²) in [5.41, 5.74) is 2.07. The maximum atomic E-state index is 12.5. The lowest BCUT2D eigenvalue weighted by Crippen LogP contribution is -2.34. The second-order valence-corrected chi connectivity index (χ2v) is 10.9. The number of nitrogens with one attached hydrogen (secondary N) is 2. The van der Waals surface area contributed by atoms with Gasteiger partial charge in [-0.15, -0.1) is 0 Å². The zero-order chi connectivity index (χ0) is 23.3. The summed E-state index contributed by atoms with van der Waals surface area (Å²) >= 11 is 6.41. The van der Waals surface area contributed by atoms with E-state index in [9.17, 15) is 13.2 Å². The first kappa shape index (κ1) is 24.1. The normalized spacial score (nSPS) is 11.5. The van der Waals surface area contributed by atoms with Crippen molar-refractivity contribution in [1.29, 1.82) is 0 Å². The molecule has 2 N–H and O–H groups in total. The van der Waals surface area contributed by atoms with E-state index in [2.05, 4.69) is 28.9 Å². The minimum absolute atomic E-state index is 0.0885. The molecule has 3 rings (SSSR count). The van der Waals surface area contributed by atoms with E-state index in [0.717, 1.165) is 23.1 Å². The van der Waals surface area contributed by atoms with E-state index in [1.165, 1.54) is 23.5 Å². The summed E-state index contributed by atoms with van der Waals surface area (Å²) in [7, 11) is -3.80. The van der Waals surface area contributed by atoms with E-state index in [0.29, 0.717) is 28.7 Å². The van der Waals surface area contributed by atoms with Crippen molar-refractivity contribution in [3.05, 3.63) is 53.6 Å². The van der Waals surface area contributed by atoms with Gasteiger partial charge in [-0.2, -0.15) is 0 Å². The van der Waals surface area contributed by atoms with Gasteiger partial charge in [-0.3, -0.25) is 4.72 Å². The van der Waals surface area contributed by atoms with Gasteiger partial charge in [0.1, 0.15) is 0 Å². The second kappa shape index (κ2) is 10.4. The Morgan fingerprint density at radius 1 is 1.19 bits per heavy atom. The van der Waals surface area contributed by atoms with Crippen LogP contribution < -0.4 is 10.0 Å². The molecule has 3 aromatic rings. The van der Waals surface area contributed by atoms with Crippen LogP contribution in [0.15, 0.2) is 47.4 Å². The fourth-order valence-electron chi connectivity index (χ4n) is 2.87. The topological polar surface area (TPSA) is 97.4 Å². The third-order valence-electron chi connectivity index (χ3n) is 4.56. The van der Waals surface area contributed by atoms with Crippen LogP contribution in [0.3, 0.4) is 0 Å². The van der Waals surface area contributed by atoms with Crippen LogP contribution in [-0.4, -0.2) is 31.1 Å². The van der Waals surface area contributed by atoms with Gasteiger partial charge in [0.2, 0.25) is 0 Å². The van der Waals surface area contributed by atoms with Gasteiger partial charge >= 0.3 is 5.97 Å². The predicted molar refractivity (Wildman–Crippen MR) is 132 cm³/mol. The smallest absolute Gasteiger partial charge is 0.338 e. The van der Waals surface area contributed by atoms with Crippen LogP contribution in [0.25, 0.3) is 10.2 Å². The largest absolute Gasteiger partial charge is 0.462 e. The number of ether oxygens (including phenoxy) is 1. The van der Waals surface area contributed by atoms with Gasteiger partial charge in [0.25, 0.3) is 10.0 Å². The lowest BCUT2D eigenvalue weighted by atomic mass is 10.1. The number of hydrogen-bond acceptors (Lipinski definition) is 7. The molecule has 0 aliphatic carbocycles. The SMILES string of the molecule is Cc1ccc(S(=O)(=O)NC(=S)Nc2nc3ccc(C(=O)OCCCC(C)C)cc3s2)cc1. The minimum Gasteiger partial charge on any atom is -0.462 e. The van der Waals surface area contributed by atoms with Crippen LogP contribution in [0.2, 0.25) is 0 Å². The number of sulfonamides is 1. The Labute approximate surface area is 197 Å². The Morgan fingerprint density at radius 3 is 2.59 bits per heavy atom. The molecule has 0 fully saturated rings. The summed E-state index contributed by atoms with van der Waals surface area (Å²) in [6.07, 6.45) is 1.83. The molecule has 0 unspecified atom stereocenters. The van der Waals surface area contributed by atoms with E-state index < -0.39 is 10.0 Å². The van der Waals surface area contributed by atoms with Crippen molar-refractivity contribution >= 4 is 60.0 Å². The van der Waals surface area contributed by atoms with E-state index in [1.807, 2.05) is 6.92 Å². The summed E-state index contributed by atoms with van der Waals surface area (Å²) in [6.45, 7) is 6.52. The highest BCUT2D eigenvalue weighted by molar-refractivity contribution is 7.92. The van der Waals surface area contributed by atoms with Crippen molar-refractivity contribution in [3.8, 4) is 0 Å². The molecule has 170 valence electrons. The maximum absolute atomic E-state index is 12.5. The van der Waals surface area contributed by atoms with E-state index >= 15 is 0 Å². The average molecular weight is 492 g/mol. The number of benzene rings is 2. The highest BCUT2D eigenvalue weighted by atomic mass is 32.2. The lowest BCUT2D eigenvalue weighted by molar-refractivity contribution is 0.0495. The molecular weight excluding hydrogens is 466 g/mol. The van der Waals surface area contributed by atoms with Crippen LogP contribution in [0.5, 0.6) is 0 Å². The highest BCUT2D eigenvalue weighted by Gasteiger charge is 2.17. The Hall–Kier alpha value is -2.56. The zero-order valence-corrected chi connectivity index (χ0v) is 20.5. The van der Waals surface area contributed by atoms with E-state index in [1.54, 1.807) is 30.3 Å². The molecule has 0 saturated carbocycles. The number of hydrogen-bond donors (Lipinski definition) is 2. The number of fused-ring (bicyclic) bond motifs is 1. The number of carbonyl (C=O) groups is 1. The molecule has 0 radical (unpaired) electrons. The van der Waals surface area contributed by atoms with Crippen LogP contribution in [0.4, 0.5) is 5.13 Å². The van der Waals surface area contributed by atoms with Crippen molar-refractivity contribution in [2.45, 2.75) is 38.5 Å². The number of thiocarbonyl (C=S) groups is 1. The first-order valence-corrected chi connectivity index (χ1v) is 12.8. The molecule has 10 heteroatoms. The quantitative estimate of drug-likeness (QED) is 0.263. The van der Waals surface area contributed by atoms with Gasteiger partial charge in [0, 0.05) is 0 Å². The molecule has 32 heavy (non-hydrogen) atoms. The summed E-state index contributed by atoms with van der Waals surface area (Å²) in [5, 5.41) is 3.13. The van der Waals surface area contributed by atoms with Gasteiger partial charge < -0.3 is 10.1 Å². The average Bonchev–Trinajstić information content (AvgIpc) is 3.11. The lowest BCUT2D eigenvalue weighted by Gasteiger charge is -2.09. The molecule has 0 spiro atoms. The van der Waals surface area contributed by atoms with Crippen LogP contribution in [0.1, 0.15) is 42.6 Å². The number of aryl methyl sites for hydroxylation is 1. The molecule has 0 atom stereocenters. The van der Waals surface area contributed by atoms with Crippen LogP contribution in [0, 0.1) is 12.8 Å². The van der Waals surface area contributed by atoms with Crippen molar-refractivity contribution < 1.29 is 17.9 Å². The maximum Gasteiger partial charge on any atom is 0.338 e. The van der Waals surface area contributed by atoms with Crippen molar-refractivity contribution in [2.24, 2.45) is 5.92 Å². The van der Waals surface area contributed by atoms with Crippen molar-refractivity contribution in [1.82, 2.24) is 9.71 Å². The van der Waals surface area contributed by atoms with Crippen LogP contribution in [-0.2, 0) is 14.8 Å². The third kappa shape index (κ3) is 6.47. The predicted octanol–water partition coefficient (Wildman–Crippen LogP) is 4.87. The fraction of sp³-hybridized carbons (Fsp3) is 0.318. The number of carbonyl (C=O) groups excluding carboxylic acids is 1. The summed E-state index contributed by atoms with van der Waals surface area (Å²) in [6, 6.07) is 11.6. The number of rotatable bonds is 8. The Balaban J connectivity index is 1.63. The summed E-state index contributed by atoms with van der Waals surface area (Å²) < 4.78 is 33.4. The molecule has 0 amide bonds. The molecular formula is C22H25N3O4S3. The molecule has 0 aliphatic heterocycles. The van der Waals surface area contributed by atoms with Gasteiger partial charge in [-0.1, -0.05) is 42.9 Å². The zero-order valence-electron chi connectivity index (χ0n) is 18.0. The molecule has 0 bridgehead atoms. The van der Waals surface area contributed by atoms with Gasteiger partial charge in [-0.25, -0.2) is 18.2 Å². The molecule has 0 saturated heterocycles. The Kier molecular flexibility index (Phi) is 7.81. The van der Waals surface area contributed by atoms with Crippen molar-refractivity contribution in [2.75, 3.05) is 11.9 Å². The molecule has 0 aliphatic rings. The fourth-order valence-corrected chi connectivity index (χ4v) is 5.17. The van der Waals surface area contributed by atoms with E-state index in [4.69, 9.17) is 17.0 Å². The molecule has 1 heterocycles. The number of thiazole rings is 1. The first-order chi connectivity index (χ1) is 15.1. The van der Waals surface area contributed by atoms with Crippen LogP contribution >= 0.6 is 23.6 Å². The first-order valence-electron chi connectivity index (χ1n) is 10.1.